The molecule has 1 unspecified atom stereocenters. The molecule has 82 valence electrons. The third-order valence-electron chi connectivity index (χ3n) is 2.15. The zero-order valence-electron chi connectivity index (χ0n) is 8.67. The Bertz CT molecular complexity index is 338. The van der Waals surface area contributed by atoms with Gasteiger partial charge in [0, 0.05) is 6.42 Å². The quantitative estimate of drug-likeness (QED) is 0.750. The summed E-state index contributed by atoms with van der Waals surface area (Å²) in [6.45, 7) is 1.97. The predicted octanol–water partition coefficient (Wildman–Crippen LogP) is 3.50. The lowest BCUT2D eigenvalue weighted by molar-refractivity contribution is -0.118. The van der Waals surface area contributed by atoms with E-state index in [4.69, 9.17) is 0 Å². The van der Waals surface area contributed by atoms with Gasteiger partial charge in [-0.3, -0.25) is 4.79 Å². The number of hydrogen-bond donors (Lipinski definition) is 0. The average molecular weight is 273 g/mol. The first-order valence-corrected chi connectivity index (χ1v) is 5.96. The normalized spacial score (nSPS) is 12.5. The highest BCUT2D eigenvalue weighted by atomic mass is 79.9. The van der Waals surface area contributed by atoms with Crippen LogP contribution in [-0.2, 0) is 11.2 Å². The van der Waals surface area contributed by atoms with E-state index in [9.17, 15) is 9.18 Å². The van der Waals surface area contributed by atoms with Crippen molar-refractivity contribution in [2.75, 3.05) is 0 Å². The second-order valence-corrected chi connectivity index (χ2v) is 4.62. The van der Waals surface area contributed by atoms with Crippen LogP contribution in [0.25, 0.3) is 0 Å². The summed E-state index contributed by atoms with van der Waals surface area (Å²) in [6.07, 6.45) is 1.98. The highest BCUT2D eigenvalue weighted by Gasteiger charge is 2.14. The largest absolute Gasteiger partial charge is 0.298 e. The molecule has 0 N–H and O–H groups in total. The molecule has 15 heavy (non-hydrogen) atoms. The summed E-state index contributed by atoms with van der Waals surface area (Å²) in [5.74, 6) is -0.0723. The van der Waals surface area contributed by atoms with Crippen molar-refractivity contribution in [3.63, 3.8) is 0 Å². The van der Waals surface area contributed by atoms with Gasteiger partial charge in [0.2, 0.25) is 0 Å². The highest BCUT2D eigenvalue weighted by molar-refractivity contribution is 9.10. The van der Waals surface area contributed by atoms with E-state index in [1.807, 2.05) is 13.0 Å². The van der Waals surface area contributed by atoms with Crippen LogP contribution in [0.4, 0.5) is 4.39 Å². The molecule has 0 aliphatic rings. The summed E-state index contributed by atoms with van der Waals surface area (Å²) in [4.78, 5) is 11.3. The summed E-state index contributed by atoms with van der Waals surface area (Å²) in [7, 11) is 0. The lowest BCUT2D eigenvalue weighted by Crippen LogP contribution is -2.16. The molecule has 0 aromatic heterocycles. The minimum atomic E-state index is -0.254. The third kappa shape index (κ3) is 4.12. The van der Waals surface area contributed by atoms with Crippen molar-refractivity contribution in [3.8, 4) is 0 Å². The van der Waals surface area contributed by atoms with Crippen LogP contribution in [0.3, 0.4) is 0 Å². The molecule has 1 aromatic carbocycles. The van der Waals surface area contributed by atoms with Crippen LogP contribution >= 0.6 is 15.9 Å². The zero-order valence-corrected chi connectivity index (χ0v) is 10.3. The van der Waals surface area contributed by atoms with Gasteiger partial charge in [0.05, 0.1) is 4.83 Å². The van der Waals surface area contributed by atoms with Gasteiger partial charge < -0.3 is 0 Å². The number of carbonyl (C=O) groups is 1. The van der Waals surface area contributed by atoms with Crippen LogP contribution in [0.1, 0.15) is 25.3 Å². The van der Waals surface area contributed by atoms with Crippen molar-refractivity contribution in [3.05, 3.63) is 35.6 Å². The van der Waals surface area contributed by atoms with Crippen molar-refractivity contribution in [1.82, 2.24) is 0 Å². The fourth-order valence-corrected chi connectivity index (χ4v) is 1.99. The fraction of sp³-hybridized carbons (Fsp3) is 0.417. The van der Waals surface area contributed by atoms with Crippen molar-refractivity contribution in [2.24, 2.45) is 0 Å². The van der Waals surface area contributed by atoms with Gasteiger partial charge >= 0.3 is 0 Å². The van der Waals surface area contributed by atoms with Crippen molar-refractivity contribution >= 4 is 21.7 Å². The van der Waals surface area contributed by atoms with Crippen molar-refractivity contribution in [2.45, 2.75) is 31.0 Å². The second kappa shape index (κ2) is 6.01. The average Bonchev–Trinajstić information content (AvgIpc) is 2.18. The predicted molar refractivity (Wildman–Crippen MR) is 62.7 cm³/mol. The molecule has 3 heteroatoms. The molecule has 0 saturated heterocycles. The molecule has 1 nitrogen and oxygen atoms in total. The summed E-state index contributed by atoms with van der Waals surface area (Å²) in [5.41, 5.74) is 0.848. The van der Waals surface area contributed by atoms with E-state index < -0.39 is 0 Å². The Kier molecular flexibility index (Phi) is 4.95. The Hall–Kier alpha value is -0.700. The number of hydrogen-bond acceptors (Lipinski definition) is 1. The monoisotopic (exact) mass is 272 g/mol. The van der Waals surface area contributed by atoms with E-state index in [0.29, 0.717) is 12.8 Å². The maximum absolute atomic E-state index is 12.9. The molecule has 0 saturated carbocycles. The lowest BCUT2D eigenvalue weighted by atomic mass is 10.1. The summed E-state index contributed by atoms with van der Waals surface area (Å²) >= 11 is 3.33. The van der Waals surface area contributed by atoms with E-state index in [1.165, 1.54) is 12.1 Å². The van der Waals surface area contributed by atoms with Gasteiger partial charge in [-0.25, -0.2) is 4.39 Å². The van der Waals surface area contributed by atoms with Gasteiger partial charge in [-0.05, 0) is 30.5 Å². The standard InChI is InChI=1S/C12H14BrFO/c1-2-4-12(15)11(13)8-9-5-3-6-10(14)7-9/h3,5-7,11H,2,4,8H2,1H3. The Morgan fingerprint density at radius 2 is 2.27 bits per heavy atom. The second-order valence-electron chi connectivity index (χ2n) is 3.52. The first-order chi connectivity index (χ1) is 7.13. The van der Waals surface area contributed by atoms with Crippen LogP contribution in [0.15, 0.2) is 24.3 Å². The number of halogens is 2. The van der Waals surface area contributed by atoms with E-state index in [1.54, 1.807) is 6.07 Å². The molecule has 1 rings (SSSR count). The van der Waals surface area contributed by atoms with Crippen LogP contribution in [-0.4, -0.2) is 10.6 Å². The Morgan fingerprint density at radius 1 is 1.53 bits per heavy atom. The number of carbonyl (C=O) groups excluding carboxylic acids is 1. The molecule has 0 heterocycles. The van der Waals surface area contributed by atoms with Gasteiger partial charge in [-0.2, -0.15) is 0 Å². The molecule has 1 aromatic rings. The van der Waals surface area contributed by atoms with Crippen LogP contribution in [0.5, 0.6) is 0 Å². The molecule has 1 atom stereocenters. The van der Waals surface area contributed by atoms with Crippen molar-refractivity contribution in [1.29, 1.82) is 0 Å². The Labute approximate surface area is 97.8 Å². The summed E-state index contributed by atoms with van der Waals surface area (Å²) < 4.78 is 12.9. The van der Waals surface area contributed by atoms with Crippen LogP contribution in [0.2, 0.25) is 0 Å². The Morgan fingerprint density at radius 3 is 2.87 bits per heavy atom. The minimum absolute atomic E-state index is 0.182. The fourth-order valence-electron chi connectivity index (χ4n) is 1.39. The zero-order chi connectivity index (χ0) is 11.3. The van der Waals surface area contributed by atoms with E-state index in [-0.39, 0.29) is 16.4 Å². The maximum atomic E-state index is 12.9. The molecule has 0 aliphatic carbocycles. The van der Waals surface area contributed by atoms with E-state index in [0.717, 1.165) is 12.0 Å². The highest BCUT2D eigenvalue weighted by Crippen LogP contribution is 2.14. The van der Waals surface area contributed by atoms with Crippen LogP contribution < -0.4 is 0 Å². The molecule has 0 amide bonds. The van der Waals surface area contributed by atoms with Gasteiger partial charge in [0.15, 0.2) is 0 Å². The number of alkyl halides is 1. The molecular weight excluding hydrogens is 259 g/mol. The minimum Gasteiger partial charge on any atom is -0.298 e. The molecule has 0 bridgehead atoms. The first-order valence-electron chi connectivity index (χ1n) is 5.04. The van der Waals surface area contributed by atoms with E-state index >= 15 is 0 Å². The van der Waals surface area contributed by atoms with Gasteiger partial charge in [0.1, 0.15) is 11.6 Å². The molecule has 0 radical (unpaired) electrons. The molecule has 0 spiro atoms. The number of benzene rings is 1. The van der Waals surface area contributed by atoms with Gasteiger partial charge in [-0.1, -0.05) is 35.0 Å². The first kappa shape index (κ1) is 12.4. The van der Waals surface area contributed by atoms with E-state index in [2.05, 4.69) is 15.9 Å². The van der Waals surface area contributed by atoms with Crippen LogP contribution in [0, 0.1) is 5.82 Å². The lowest BCUT2D eigenvalue weighted by Gasteiger charge is -2.08. The third-order valence-corrected chi connectivity index (χ3v) is 2.98. The molecule has 0 aliphatic heterocycles. The maximum Gasteiger partial charge on any atom is 0.146 e. The summed E-state index contributed by atoms with van der Waals surface area (Å²) in [5, 5.41) is 0. The topological polar surface area (TPSA) is 17.1 Å². The number of Topliss-reactive ketones (excluding diaryl/α,β-unsaturated/α-hetero) is 1. The van der Waals surface area contributed by atoms with Gasteiger partial charge in [0.25, 0.3) is 0 Å². The number of ketones is 1. The van der Waals surface area contributed by atoms with Gasteiger partial charge in [-0.15, -0.1) is 0 Å². The number of rotatable bonds is 5. The molecular formula is C12H14BrFO. The Balaban J connectivity index is 2.58. The molecule has 0 fully saturated rings. The smallest absolute Gasteiger partial charge is 0.146 e. The SMILES string of the molecule is CCCC(=O)C(Br)Cc1cccc(F)c1. The van der Waals surface area contributed by atoms with Crippen molar-refractivity contribution < 1.29 is 9.18 Å². The summed E-state index contributed by atoms with van der Waals surface area (Å²) in [6, 6.07) is 6.36.